The molecule has 3 nitrogen and oxygen atoms in total. The van der Waals surface area contributed by atoms with Gasteiger partial charge in [0.2, 0.25) is 0 Å². The van der Waals surface area contributed by atoms with Gasteiger partial charge in [0.25, 0.3) is 0 Å². The number of aromatic nitrogens is 1. The molecular formula is C14H10FNO2. The Kier molecular flexibility index (Phi) is 3.48. The molecule has 0 amide bonds. The van der Waals surface area contributed by atoms with E-state index >= 15 is 0 Å². The molecule has 0 saturated heterocycles. The number of ketones is 1. The molecule has 2 aromatic rings. The molecule has 0 aliphatic heterocycles. The van der Waals surface area contributed by atoms with Crippen LogP contribution in [0.5, 0.6) is 5.75 Å². The van der Waals surface area contributed by atoms with E-state index in [1.54, 1.807) is 30.6 Å². The summed E-state index contributed by atoms with van der Waals surface area (Å²) in [6.07, 6.45) is 6.13. The van der Waals surface area contributed by atoms with Gasteiger partial charge in [-0.3, -0.25) is 9.78 Å². The Morgan fingerprint density at radius 3 is 2.83 bits per heavy atom. The summed E-state index contributed by atoms with van der Waals surface area (Å²) in [6, 6.07) is 6.83. The van der Waals surface area contributed by atoms with Gasteiger partial charge in [0.15, 0.2) is 5.78 Å². The standard InChI is InChI=1S/C14H10FNO2/c15-11-4-5-12(14(18)8-11)13(17)6-3-10-2-1-7-16-9-10/h1-9,18H/b6-3-. The molecule has 0 fully saturated rings. The summed E-state index contributed by atoms with van der Waals surface area (Å²) < 4.78 is 12.8. The van der Waals surface area contributed by atoms with Crippen molar-refractivity contribution in [2.24, 2.45) is 0 Å². The maximum atomic E-state index is 12.8. The molecule has 0 atom stereocenters. The van der Waals surface area contributed by atoms with E-state index in [0.717, 1.165) is 17.7 Å². The minimum absolute atomic E-state index is 0.0662. The van der Waals surface area contributed by atoms with Crippen molar-refractivity contribution in [3.8, 4) is 5.75 Å². The average molecular weight is 243 g/mol. The SMILES string of the molecule is O=C(/C=C\c1cccnc1)c1ccc(F)cc1O. The fourth-order valence-corrected chi connectivity index (χ4v) is 1.45. The van der Waals surface area contributed by atoms with E-state index in [4.69, 9.17) is 0 Å². The smallest absolute Gasteiger partial charge is 0.189 e. The zero-order valence-corrected chi connectivity index (χ0v) is 9.38. The fraction of sp³-hybridized carbons (Fsp3) is 0. The number of halogens is 1. The quantitative estimate of drug-likeness (QED) is 0.666. The number of rotatable bonds is 3. The number of hydrogen-bond acceptors (Lipinski definition) is 3. The van der Waals surface area contributed by atoms with Crippen molar-refractivity contribution in [3.63, 3.8) is 0 Å². The predicted octanol–water partition coefficient (Wildman–Crippen LogP) is 2.82. The van der Waals surface area contributed by atoms with Gasteiger partial charge in [-0.15, -0.1) is 0 Å². The Morgan fingerprint density at radius 1 is 1.33 bits per heavy atom. The third-order valence-electron chi connectivity index (χ3n) is 2.34. The molecule has 0 unspecified atom stereocenters. The number of allylic oxidation sites excluding steroid dienone is 1. The Morgan fingerprint density at radius 2 is 2.17 bits per heavy atom. The van der Waals surface area contributed by atoms with Crippen LogP contribution in [0.2, 0.25) is 0 Å². The number of phenolic OH excluding ortho intramolecular Hbond substituents is 1. The molecule has 90 valence electrons. The molecule has 0 saturated carbocycles. The summed E-state index contributed by atoms with van der Waals surface area (Å²) in [5.74, 6) is -1.34. The van der Waals surface area contributed by atoms with Gasteiger partial charge in [0.1, 0.15) is 11.6 Å². The summed E-state index contributed by atoms with van der Waals surface area (Å²) in [5.41, 5.74) is 0.837. The number of carbonyl (C=O) groups is 1. The molecule has 0 radical (unpaired) electrons. The molecule has 0 aliphatic carbocycles. The lowest BCUT2D eigenvalue weighted by Gasteiger charge is -2.00. The first-order valence-electron chi connectivity index (χ1n) is 5.28. The highest BCUT2D eigenvalue weighted by Gasteiger charge is 2.08. The molecule has 1 heterocycles. The van der Waals surface area contributed by atoms with Crippen LogP contribution in [0.25, 0.3) is 6.08 Å². The predicted molar refractivity (Wildman–Crippen MR) is 65.7 cm³/mol. The van der Waals surface area contributed by atoms with Crippen LogP contribution in [-0.4, -0.2) is 15.9 Å². The Bertz CT molecular complexity index is 594. The zero-order valence-electron chi connectivity index (χ0n) is 9.38. The van der Waals surface area contributed by atoms with Gasteiger partial charge in [0.05, 0.1) is 5.56 Å². The van der Waals surface area contributed by atoms with Crippen LogP contribution in [-0.2, 0) is 0 Å². The average Bonchev–Trinajstić information content (AvgIpc) is 2.37. The molecule has 2 rings (SSSR count). The van der Waals surface area contributed by atoms with Gasteiger partial charge >= 0.3 is 0 Å². The Labute approximate surface area is 103 Å². The van der Waals surface area contributed by atoms with E-state index < -0.39 is 11.6 Å². The first-order valence-corrected chi connectivity index (χ1v) is 5.28. The molecule has 1 aromatic heterocycles. The van der Waals surface area contributed by atoms with Crippen molar-refractivity contribution in [2.45, 2.75) is 0 Å². The minimum Gasteiger partial charge on any atom is -0.507 e. The van der Waals surface area contributed by atoms with Crippen molar-refractivity contribution in [1.29, 1.82) is 0 Å². The van der Waals surface area contributed by atoms with Crippen LogP contribution in [0.1, 0.15) is 15.9 Å². The molecule has 0 bridgehead atoms. The summed E-state index contributed by atoms with van der Waals surface area (Å²) >= 11 is 0. The maximum Gasteiger partial charge on any atom is 0.189 e. The molecular weight excluding hydrogens is 233 g/mol. The van der Waals surface area contributed by atoms with Gasteiger partial charge in [-0.05, 0) is 35.9 Å². The second-order valence-electron chi connectivity index (χ2n) is 3.65. The fourth-order valence-electron chi connectivity index (χ4n) is 1.45. The summed E-state index contributed by atoms with van der Waals surface area (Å²) in [7, 11) is 0. The second-order valence-corrected chi connectivity index (χ2v) is 3.65. The first-order chi connectivity index (χ1) is 8.66. The van der Waals surface area contributed by atoms with Gasteiger partial charge in [-0.1, -0.05) is 6.07 Å². The monoisotopic (exact) mass is 243 g/mol. The van der Waals surface area contributed by atoms with Gasteiger partial charge in [-0.25, -0.2) is 4.39 Å². The number of nitrogens with zero attached hydrogens (tertiary/aromatic N) is 1. The van der Waals surface area contributed by atoms with Gasteiger partial charge in [0, 0.05) is 18.5 Å². The van der Waals surface area contributed by atoms with Crippen LogP contribution in [0.3, 0.4) is 0 Å². The number of benzene rings is 1. The highest BCUT2D eigenvalue weighted by atomic mass is 19.1. The lowest BCUT2D eigenvalue weighted by atomic mass is 10.1. The molecule has 1 N–H and O–H groups in total. The third kappa shape index (κ3) is 2.79. The topological polar surface area (TPSA) is 50.2 Å². The highest BCUT2D eigenvalue weighted by molar-refractivity contribution is 6.08. The summed E-state index contributed by atoms with van der Waals surface area (Å²) in [4.78, 5) is 15.7. The first kappa shape index (κ1) is 12.0. The number of aromatic hydroxyl groups is 1. The van der Waals surface area contributed by atoms with Crippen molar-refractivity contribution < 1.29 is 14.3 Å². The Balaban J connectivity index is 2.20. The normalized spacial score (nSPS) is 10.7. The van der Waals surface area contributed by atoms with E-state index in [0.29, 0.717) is 0 Å². The summed E-state index contributed by atoms with van der Waals surface area (Å²) in [5, 5.41) is 9.45. The third-order valence-corrected chi connectivity index (χ3v) is 2.34. The number of pyridine rings is 1. The van der Waals surface area contributed by atoms with E-state index in [1.165, 1.54) is 12.1 Å². The maximum absolute atomic E-state index is 12.8. The van der Waals surface area contributed by atoms with Crippen LogP contribution in [0.4, 0.5) is 4.39 Å². The second kappa shape index (κ2) is 5.23. The number of phenols is 1. The molecule has 0 spiro atoms. The van der Waals surface area contributed by atoms with Crippen LogP contribution in [0.15, 0.2) is 48.8 Å². The van der Waals surface area contributed by atoms with Crippen molar-refractivity contribution in [3.05, 3.63) is 65.7 Å². The molecule has 18 heavy (non-hydrogen) atoms. The van der Waals surface area contributed by atoms with Crippen LogP contribution < -0.4 is 0 Å². The van der Waals surface area contributed by atoms with Crippen molar-refractivity contribution in [2.75, 3.05) is 0 Å². The van der Waals surface area contributed by atoms with Gasteiger partial charge < -0.3 is 5.11 Å². The number of hydrogen-bond donors (Lipinski definition) is 1. The summed E-state index contributed by atoms with van der Waals surface area (Å²) in [6.45, 7) is 0. The van der Waals surface area contributed by atoms with E-state index in [2.05, 4.69) is 4.98 Å². The van der Waals surface area contributed by atoms with Crippen molar-refractivity contribution >= 4 is 11.9 Å². The van der Waals surface area contributed by atoms with Crippen LogP contribution >= 0.6 is 0 Å². The van der Waals surface area contributed by atoms with E-state index in [1.807, 2.05) is 0 Å². The van der Waals surface area contributed by atoms with E-state index in [9.17, 15) is 14.3 Å². The molecule has 1 aromatic carbocycles. The highest BCUT2D eigenvalue weighted by Crippen LogP contribution is 2.19. The molecule has 0 aliphatic rings. The zero-order chi connectivity index (χ0) is 13.0. The Hall–Kier alpha value is -2.49. The van der Waals surface area contributed by atoms with E-state index in [-0.39, 0.29) is 11.3 Å². The van der Waals surface area contributed by atoms with Gasteiger partial charge in [-0.2, -0.15) is 0 Å². The lowest BCUT2D eigenvalue weighted by molar-refractivity contribution is 0.104. The minimum atomic E-state index is -0.583. The van der Waals surface area contributed by atoms with Crippen molar-refractivity contribution in [1.82, 2.24) is 4.98 Å². The number of carbonyl (C=O) groups excluding carboxylic acids is 1. The molecule has 4 heteroatoms. The largest absolute Gasteiger partial charge is 0.507 e. The van der Waals surface area contributed by atoms with Crippen LogP contribution in [0, 0.1) is 5.82 Å². The lowest BCUT2D eigenvalue weighted by Crippen LogP contribution is -1.95.